The Kier molecular flexibility index (Phi) is 2.62. The van der Waals surface area contributed by atoms with E-state index >= 15 is 0 Å². The Morgan fingerprint density at radius 1 is 1.47 bits per heavy atom. The van der Waals surface area contributed by atoms with Crippen LogP contribution in [0.15, 0.2) is 18.3 Å². The Balaban J connectivity index is 1.58. The summed E-state index contributed by atoms with van der Waals surface area (Å²) in [4.78, 5) is 3.77. The Morgan fingerprint density at radius 2 is 2.35 bits per heavy atom. The van der Waals surface area contributed by atoms with Gasteiger partial charge in [-0.1, -0.05) is 12.5 Å². The maximum Gasteiger partial charge on any atom is 0.280 e. The largest absolute Gasteiger partial charge is 0.307 e. The molecule has 0 saturated heterocycles. The van der Waals surface area contributed by atoms with Gasteiger partial charge in [0.2, 0.25) is 0 Å². The number of nitrogens with zero attached hydrogens (tertiary/aromatic N) is 1. The fraction of sp³-hybridized carbons (Fsp3) is 0.615. The van der Waals surface area contributed by atoms with Crippen molar-refractivity contribution in [1.82, 2.24) is 10.3 Å². The number of alkyl halides is 2. The van der Waals surface area contributed by atoms with Crippen molar-refractivity contribution < 1.29 is 8.78 Å². The standard InChI is InChI=1S/C13H16F2N2/c14-12(15)11-4-3-9(7-16-11)8-17-13-5-1-2-10(13)6-13/h3-4,7,10,12,17H,1-2,5-6,8H2/t10-,13-/m1/s1. The molecule has 2 aliphatic carbocycles. The van der Waals surface area contributed by atoms with Crippen molar-refractivity contribution in [2.75, 3.05) is 0 Å². The van der Waals surface area contributed by atoms with Crippen LogP contribution in [-0.4, -0.2) is 10.5 Å². The van der Waals surface area contributed by atoms with Crippen LogP contribution < -0.4 is 5.32 Å². The van der Waals surface area contributed by atoms with Crippen molar-refractivity contribution in [2.24, 2.45) is 5.92 Å². The molecule has 2 fully saturated rings. The topological polar surface area (TPSA) is 24.9 Å². The highest BCUT2D eigenvalue weighted by atomic mass is 19.3. The summed E-state index contributed by atoms with van der Waals surface area (Å²) < 4.78 is 24.6. The molecule has 1 heterocycles. The second kappa shape index (κ2) is 4.02. The van der Waals surface area contributed by atoms with Crippen LogP contribution in [0.4, 0.5) is 8.78 Å². The molecule has 0 aromatic carbocycles. The molecule has 0 unspecified atom stereocenters. The van der Waals surface area contributed by atoms with Crippen molar-refractivity contribution in [2.45, 2.75) is 44.2 Å². The van der Waals surface area contributed by atoms with Crippen LogP contribution >= 0.6 is 0 Å². The van der Waals surface area contributed by atoms with Gasteiger partial charge in [0.1, 0.15) is 5.69 Å². The molecule has 0 spiro atoms. The maximum atomic E-state index is 12.3. The number of aromatic nitrogens is 1. The van der Waals surface area contributed by atoms with Crippen molar-refractivity contribution in [3.8, 4) is 0 Å². The summed E-state index contributed by atoms with van der Waals surface area (Å²) in [5, 5.41) is 3.57. The van der Waals surface area contributed by atoms with Gasteiger partial charge >= 0.3 is 0 Å². The molecule has 1 aromatic rings. The molecular formula is C13H16F2N2. The first kappa shape index (κ1) is 11.1. The first-order valence-electron chi connectivity index (χ1n) is 6.18. The number of hydrogen-bond donors (Lipinski definition) is 1. The Hall–Kier alpha value is -1.03. The van der Waals surface area contributed by atoms with E-state index in [1.54, 1.807) is 12.3 Å². The number of nitrogens with one attached hydrogen (secondary N) is 1. The molecule has 4 heteroatoms. The zero-order chi connectivity index (χ0) is 11.9. The average Bonchev–Trinajstić information content (AvgIpc) is 2.89. The third-order valence-electron chi connectivity index (χ3n) is 4.12. The molecule has 2 nitrogen and oxygen atoms in total. The van der Waals surface area contributed by atoms with Crippen LogP contribution in [0.5, 0.6) is 0 Å². The first-order chi connectivity index (χ1) is 8.20. The lowest BCUT2D eigenvalue weighted by atomic mass is 10.2. The molecule has 2 atom stereocenters. The number of rotatable bonds is 4. The van der Waals surface area contributed by atoms with E-state index in [-0.39, 0.29) is 5.69 Å². The highest BCUT2D eigenvalue weighted by molar-refractivity contribution is 5.18. The van der Waals surface area contributed by atoms with Gasteiger partial charge in [-0.05, 0) is 36.8 Å². The number of hydrogen-bond acceptors (Lipinski definition) is 2. The van der Waals surface area contributed by atoms with Crippen molar-refractivity contribution in [3.05, 3.63) is 29.6 Å². The smallest absolute Gasteiger partial charge is 0.280 e. The molecule has 1 aromatic heterocycles. The fourth-order valence-corrected chi connectivity index (χ4v) is 2.98. The van der Waals surface area contributed by atoms with Crippen LogP contribution in [0.25, 0.3) is 0 Å². The van der Waals surface area contributed by atoms with Crippen LogP contribution in [0.1, 0.15) is 43.4 Å². The predicted octanol–water partition coefficient (Wildman–Crippen LogP) is 3.05. The molecule has 1 N–H and O–H groups in total. The third-order valence-corrected chi connectivity index (χ3v) is 4.12. The van der Waals surface area contributed by atoms with Gasteiger partial charge in [0.25, 0.3) is 6.43 Å². The SMILES string of the molecule is FC(F)c1ccc(CN[C@@]23CCC[C@@H]2C3)cn1. The summed E-state index contributed by atoms with van der Waals surface area (Å²) in [6.07, 6.45) is 4.29. The van der Waals surface area contributed by atoms with E-state index in [9.17, 15) is 8.78 Å². The molecule has 92 valence electrons. The molecular weight excluding hydrogens is 222 g/mol. The van der Waals surface area contributed by atoms with E-state index in [1.807, 2.05) is 0 Å². The highest BCUT2D eigenvalue weighted by Gasteiger charge is 2.56. The Morgan fingerprint density at radius 3 is 2.88 bits per heavy atom. The Bertz CT molecular complexity index is 404. The molecule has 0 amide bonds. The van der Waals surface area contributed by atoms with Gasteiger partial charge in [-0.2, -0.15) is 0 Å². The molecule has 2 saturated carbocycles. The number of fused-ring (bicyclic) bond motifs is 1. The quantitative estimate of drug-likeness (QED) is 0.872. The molecule has 0 aliphatic heterocycles. The average molecular weight is 238 g/mol. The molecule has 3 rings (SSSR count). The lowest BCUT2D eigenvalue weighted by Gasteiger charge is -2.14. The summed E-state index contributed by atoms with van der Waals surface area (Å²) in [7, 11) is 0. The second-order valence-corrected chi connectivity index (χ2v) is 5.19. The summed E-state index contributed by atoms with van der Waals surface area (Å²) in [6.45, 7) is 0.743. The normalized spacial score (nSPS) is 30.6. The van der Waals surface area contributed by atoms with Crippen LogP contribution in [0.3, 0.4) is 0 Å². The summed E-state index contributed by atoms with van der Waals surface area (Å²) in [5.74, 6) is 0.857. The van der Waals surface area contributed by atoms with Crippen LogP contribution in [0, 0.1) is 5.92 Å². The van der Waals surface area contributed by atoms with Crippen molar-refractivity contribution in [3.63, 3.8) is 0 Å². The van der Waals surface area contributed by atoms with Gasteiger partial charge in [-0.25, -0.2) is 8.78 Å². The lowest BCUT2D eigenvalue weighted by Crippen LogP contribution is -2.30. The van der Waals surface area contributed by atoms with E-state index in [1.165, 1.54) is 31.7 Å². The van der Waals surface area contributed by atoms with Gasteiger partial charge in [-0.15, -0.1) is 0 Å². The predicted molar refractivity (Wildman–Crippen MR) is 60.7 cm³/mol. The minimum absolute atomic E-state index is 0.142. The van der Waals surface area contributed by atoms with Crippen molar-refractivity contribution in [1.29, 1.82) is 0 Å². The molecule has 2 aliphatic rings. The lowest BCUT2D eigenvalue weighted by molar-refractivity contribution is 0.146. The molecule has 0 radical (unpaired) electrons. The zero-order valence-electron chi connectivity index (χ0n) is 9.63. The van der Waals surface area contributed by atoms with Gasteiger partial charge in [-0.3, -0.25) is 4.98 Å². The van der Waals surface area contributed by atoms with Gasteiger partial charge in [0, 0.05) is 18.3 Å². The fourth-order valence-electron chi connectivity index (χ4n) is 2.98. The van der Waals surface area contributed by atoms with E-state index in [4.69, 9.17) is 0 Å². The zero-order valence-corrected chi connectivity index (χ0v) is 9.63. The summed E-state index contributed by atoms with van der Waals surface area (Å²) >= 11 is 0. The number of halogens is 2. The van der Waals surface area contributed by atoms with E-state index in [0.29, 0.717) is 5.54 Å². The summed E-state index contributed by atoms with van der Waals surface area (Å²) in [5.41, 5.74) is 1.22. The highest BCUT2D eigenvalue weighted by Crippen LogP contribution is 2.55. The minimum atomic E-state index is -2.47. The van der Waals surface area contributed by atoms with E-state index in [0.717, 1.165) is 18.0 Å². The van der Waals surface area contributed by atoms with Crippen molar-refractivity contribution >= 4 is 0 Å². The molecule has 17 heavy (non-hydrogen) atoms. The maximum absolute atomic E-state index is 12.3. The monoisotopic (exact) mass is 238 g/mol. The van der Waals surface area contributed by atoms with Gasteiger partial charge in [0.05, 0.1) is 0 Å². The third kappa shape index (κ3) is 2.06. The van der Waals surface area contributed by atoms with Crippen LogP contribution in [-0.2, 0) is 6.54 Å². The van der Waals surface area contributed by atoms with Gasteiger partial charge < -0.3 is 5.32 Å². The second-order valence-electron chi connectivity index (χ2n) is 5.19. The molecule has 0 bridgehead atoms. The van der Waals surface area contributed by atoms with Gasteiger partial charge in [0.15, 0.2) is 0 Å². The van der Waals surface area contributed by atoms with E-state index < -0.39 is 6.43 Å². The Labute approximate surface area is 99.4 Å². The first-order valence-corrected chi connectivity index (χ1v) is 6.18. The van der Waals surface area contributed by atoms with Crippen LogP contribution in [0.2, 0.25) is 0 Å². The minimum Gasteiger partial charge on any atom is -0.307 e. The number of pyridine rings is 1. The summed E-state index contributed by atoms with van der Waals surface area (Å²) in [6, 6.07) is 3.16. The van der Waals surface area contributed by atoms with E-state index in [2.05, 4.69) is 10.3 Å².